The molecule has 2 nitrogen and oxygen atoms in total. The van der Waals surface area contributed by atoms with Gasteiger partial charge in [0.05, 0.1) is 11.4 Å². The zero-order chi connectivity index (χ0) is 14.7. The van der Waals surface area contributed by atoms with E-state index < -0.39 is 0 Å². The van der Waals surface area contributed by atoms with E-state index in [0.717, 1.165) is 28.9 Å². The zero-order valence-electron chi connectivity index (χ0n) is 12.0. The Balaban J connectivity index is 2.20. The van der Waals surface area contributed by atoms with Gasteiger partial charge >= 0.3 is 0 Å². The highest BCUT2D eigenvalue weighted by Gasteiger charge is 2.11. The van der Waals surface area contributed by atoms with E-state index in [4.69, 9.17) is 12.2 Å². The first-order valence-electron chi connectivity index (χ1n) is 7.25. The summed E-state index contributed by atoms with van der Waals surface area (Å²) in [6.45, 7) is 2.20. The van der Waals surface area contributed by atoms with E-state index in [9.17, 15) is 0 Å². The number of H-pyrrole nitrogens is 1. The highest BCUT2D eigenvalue weighted by atomic mass is 32.1. The van der Waals surface area contributed by atoms with Crippen LogP contribution in [-0.4, -0.2) is 9.55 Å². The first-order valence-corrected chi connectivity index (χ1v) is 7.66. The van der Waals surface area contributed by atoms with Crippen LogP contribution in [0.4, 0.5) is 0 Å². The third-order valence-electron chi connectivity index (χ3n) is 3.60. The molecule has 21 heavy (non-hydrogen) atoms. The van der Waals surface area contributed by atoms with Crippen molar-refractivity contribution in [1.29, 1.82) is 0 Å². The lowest BCUT2D eigenvalue weighted by molar-refractivity contribution is 0.896. The van der Waals surface area contributed by atoms with Gasteiger partial charge in [-0.05, 0) is 30.3 Å². The van der Waals surface area contributed by atoms with Gasteiger partial charge < -0.3 is 4.98 Å². The van der Waals surface area contributed by atoms with Crippen molar-refractivity contribution in [2.24, 2.45) is 0 Å². The molecule has 0 bridgehead atoms. The van der Waals surface area contributed by atoms with Crippen LogP contribution in [0.15, 0.2) is 60.8 Å². The monoisotopic (exact) mass is 294 g/mol. The summed E-state index contributed by atoms with van der Waals surface area (Å²) < 4.78 is 2.87. The Morgan fingerprint density at radius 2 is 1.71 bits per heavy atom. The standard InChI is InChI=1S/C18H18N2S/c1-2-8-14-11-6-7-12-16(14)20-17(13-19-18(20)21)15-9-4-3-5-10-15/h3-7,9-13H,2,8H2,1H3,(H,19,21). The minimum absolute atomic E-state index is 0.734. The Kier molecular flexibility index (Phi) is 4.02. The minimum atomic E-state index is 0.734. The molecule has 3 heteroatoms. The number of aryl methyl sites for hydroxylation is 1. The summed E-state index contributed by atoms with van der Waals surface area (Å²) in [5, 5.41) is 0. The normalized spacial score (nSPS) is 10.7. The molecule has 1 aromatic heterocycles. The van der Waals surface area contributed by atoms with Crippen LogP contribution in [-0.2, 0) is 6.42 Å². The molecule has 0 aliphatic carbocycles. The van der Waals surface area contributed by atoms with Crippen molar-refractivity contribution in [3.05, 3.63) is 71.1 Å². The summed E-state index contributed by atoms with van der Waals surface area (Å²) in [5.74, 6) is 0. The first kappa shape index (κ1) is 13.8. The average molecular weight is 294 g/mol. The van der Waals surface area contributed by atoms with Gasteiger partial charge in [-0.2, -0.15) is 0 Å². The van der Waals surface area contributed by atoms with E-state index in [1.807, 2.05) is 24.4 Å². The number of imidazole rings is 1. The number of hydrogen-bond donors (Lipinski definition) is 1. The number of aromatic amines is 1. The van der Waals surface area contributed by atoms with Gasteiger partial charge in [0.1, 0.15) is 0 Å². The SMILES string of the molecule is CCCc1ccccc1-n1c(-c2ccccc2)c[nH]c1=S. The van der Waals surface area contributed by atoms with Crippen molar-refractivity contribution in [3.63, 3.8) is 0 Å². The van der Waals surface area contributed by atoms with Gasteiger partial charge in [-0.15, -0.1) is 0 Å². The van der Waals surface area contributed by atoms with Crippen LogP contribution in [0.5, 0.6) is 0 Å². The van der Waals surface area contributed by atoms with Crippen LogP contribution < -0.4 is 0 Å². The van der Waals surface area contributed by atoms with Gasteiger partial charge in [0.2, 0.25) is 0 Å². The van der Waals surface area contributed by atoms with E-state index in [0.29, 0.717) is 0 Å². The predicted molar refractivity (Wildman–Crippen MR) is 90.4 cm³/mol. The van der Waals surface area contributed by atoms with Crippen molar-refractivity contribution in [2.45, 2.75) is 19.8 Å². The second-order valence-electron chi connectivity index (χ2n) is 5.06. The number of rotatable bonds is 4. The maximum atomic E-state index is 5.51. The molecule has 0 fully saturated rings. The average Bonchev–Trinajstić information content (AvgIpc) is 2.91. The number of nitrogens with one attached hydrogen (secondary N) is 1. The number of aromatic nitrogens is 2. The van der Waals surface area contributed by atoms with Gasteiger partial charge in [0.25, 0.3) is 0 Å². The van der Waals surface area contributed by atoms with Crippen molar-refractivity contribution >= 4 is 12.2 Å². The Labute approximate surface area is 130 Å². The minimum Gasteiger partial charge on any atom is -0.336 e. The fourth-order valence-electron chi connectivity index (χ4n) is 2.64. The van der Waals surface area contributed by atoms with Crippen LogP contribution in [0.3, 0.4) is 0 Å². The number of hydrogen-bond acceptors (Lipinski definition) is 1. The molecule has 0 aliphatic heterocycles. The summed E-state index contributed by atoms with van der Waals surface area (Å²) in [6.07, 6.45) is 4.16. The largest absolute Gasteiger partial charge is 0.336 e. The summed E-state index contributed by atoms with van der Waals surface area (Å²) in [4.78, 5) is 3.18. The van der Waals surface area contributed by atoms with Crippen LogP contribution in [0, 0.1) is 4.77 Å². The molecular formula is C18H18N2S. The van der Waals surface area contributed by atoms with Crippen molar-refractivity contribution in [3.8, 4) is 16.9 Å². The quantitative estimate of drug-likeness (QED) is 0.660. The molecular weight excluding hydrogens is 276 g/mol. The molecule has 0 amide bonds. The fourth-order valence-corrected chi connectivity index (χ4v) is 2.89. The fraction of sp³-hybridized carbons (Fsp3) is 0.167. The molecule has 0 spiro atoms. The smallest absolute Gasteiger partial charge is 0.182 e. The van der Waals surface area contributed by atoms with Crippen LogP contribution in [0.1, 0.15) is 18.9 Å². The van der Waals surface area contributed by atoms with Gasteiger partial charge in [-0.25, -0.2) is 0 Å². The maximum absolute atomic E-state index is 5.51. The molecule has 0 atom stereocenters. The van der Waals surface area contributed by atoms with Crippen LogP contribution >= 0.6 is 12.2 Å². The lowest BCUT2D eigenvalue weighted by atomic mass is 10.1. The lowest BCUT2D eigenvalue weighted by Crippen LogP contribution is -2.01. The number of para-hydroxylation sites is 1. The highest BCUT2D eigenvalue weighted by Crippen LogP contribution is 2.26. The molecule has 0 saturated heterocycles. The molecule has 1 heterocycles. The third kappa shape index (κ3) is 2.69. The first-order chi connectivity index (χ1) is 10.3. The molecule has 0 unspecified atom stereocenters. The molecule has 0 saturated carbocycles. The lowest BCUT2D eigenvalue weighted by Gasteiger charge is -2.13. The summed E-state index contributed by atoms with van der Waals surface area (Å²) in [7, 11) is 0. The van der Waals surface area contributed by atoms with Crippen molar-refractivity contribution in [1.82, 2.24) is 9.55 Å². The number of nitrogens with zero attached hydrogens (tertiary/aromatic N) is 1. The Morgan fingerprint density at radius 3 is 2.48 bits per heavy atom. The molecule has 0 radical (unpaired) electrons. The topological polar surface area (TPSA) is 20.7 Å². The van der Waals surface area contributed by atoms with E-state index in [2.05, 4.69) is 52.9 Å². The summed E-state index contributed by atoms with van der Waals surface area (Å²) in [6, 6.07) is 18.8. The molecule has 3 rings (SSSR count). The van der Waals surface area contributed by atoms with Crippen LogP contribution in [0.2, 0.25) is 0 Å². The summed E-state index contributed by atoms with van der Waals surface area (Å²) in [5.41, 5.74) is 4.76. The third-order valence-corrected chi connectivity index (χ3v) is 3.90. The van der Waals surface area contributed by atoms with E-state index in [1.165, 1.54) is 11.3 Å². The molecule has 106 valence electrons. The van der Waals surface area contributed by atoms with Gasteiger partial charge in [-0.3, -0.25) is 4.57 Å². The van der Waals surface area contributed by atoms with Crippen molar-refractivity contribution in [2.75, 3.05) is 0 Å². The van der Waals surface area contributed by atoms with Gasteiger partial charge in [0, 0.05) is 11.8 Å². The highest BCUT2D eigenvalue weighted by molar-refractivity contribution is 7.71. The Bertz CT molecular complexity index is 784. The van der Waals surface area contributed by atoms with Crippen LogP contribution in [0.25, 0.3) is 16.9 Å². The van der Waals surface area contributed by atoms with Crippen molar-refractivity contribution < 1.29 is 0 Å². The summed E-state index contributed by atoms with van der Waals surface area (Å²) >= 11 is 5.51. The van der Waals surface area contributed by atoms with E-state index in [-0.39, 0.29) is 0 Å². The molecule has 2 aromatic carbocycles. The molecule has 1 N–H and O–H groups in total. The van der Waals surface area contributed by atoms with E-state index in [1.54, 1.807) is 0 Å². The van der Waals surface area contributed by atoms with Gasteiger partial charge in [-0.1, -0.05) is 61.9 Å². The maximum Gasteiger partial charge on any atom is 0.182 e. The van der Waals surface area contributed by atoms with E-state index >= 15 is 0 Å². The Hall–Kier alpha value is -2.13. The predicted octanol–water partition coefficient (Wildman–Crippen LogP) is 5.15. The second-order valence-corrected chi connectivity index (χ2v) is 5.45. The zero-order valence-corrected chi connectivity index (χ0v) is 12.9. The van der Waals surface area contributed by atoms with Gasteiger partial charge in [0.15, 0.2) is 4.77 Å². The molecule has 3 aromatic rings. The number of benzene rings is 2. The second kappa shape index (κ2) is 6.10. The Morgan fingerprint density at radius 1 is 1.00 bits per heavy atom. The molecule has 0 aliphatic rings.